The molecule has 2 aromatic rings. The van der Waals surface area contributed by atoms with E-state index in [2.05, 4.69) is 36.0 Å². The van der Waals surface area contributed by atoms with Crippen molar-refractivity contribution in [3.8, 4) is 0 Å². The number of carbonyl (C=O) groups is 1. The number of thiophene rings is 1. The average Bonchev–Trinajstić information content (AvgIpc) is 3.29. The number of amides is 1. The van der Waals surface area contributed by atoms with Crippen LogP contribution < -0.4 is 10.1 Å². The summed E-state index contributed by atoms with van der Waals surface area (Å²) in [6, 6.07) is 9.55. The molecule has 3 rings (SSSR count). The molecule has 6 nitrogen and oxygen atoms in total. The van der Waals surface area contributed by atoms with E-state index in [9.17, 15) is 13.2 Å². The largest absolute Gasteiger partial charge is 0.279 e. The highest BCUT2D eigenvalue weighted by Crippen LogP contribution is 2.39. The minimum absolute atomic E-state index is 0.247. The molecule has 30 heavy (non-hydrogen) atoms. The molecule has 0 bridgehead atoms. The van der Waals surface area contributed by atoms with Crippen LogP contribution in [-0.2, 0) is 10.0 Å². The molecule has 0 saturated heterocycles. The van der Waals surface area contributed by atoms with Gasteiger partial charge in [-0.1, -0.05) is 33.3 Å². The quantitative estimate of drug-likeness (QED) is 0.568. The normalized spacial score (nSPS) is 17.4. The lowest BCUT2D eigenvalue weighted by Gasteiger charge is -2.36. The van der Waals surface area contributed by atoms with E-state index in [0.717, 1.165) is 42.7 Å². The maximum atomic E-state index is 12.4. The number of anilines is 1. The highest BCUT2D eigenvalue weighted by Gasteiger charge is 2.30. The second-order valence-corrected chi connectivity index (χ2v) is 11.2. The van der Waals surface area contributed by atoms with Gasteiger partial charge in [-0.05, 0) is 72.7 Å². The van der Waals surface area contributed by atoms with Crippen LogP contribution in [0.4, 0.5) is 5.69 Å². The molecule has 1 heterocycles. The summed E-state index contributed by atoms with van der Waals surface area (Å²) in [5, 5.41) is 6.03. The van der Waals surface area contributed by atoms with Gasteiger partial charge in [-0.25, -0.2) is 13.8 Å². The molecule has 0 spiro atoms. The first kappa shape index (κ1) is 22.5. The van der Waals surface area contributed by atoms with Gasteiger partial charge in [0.15, 0.2) is 0 Å². The topological polar surface area (TPSA) is 87.6 Å². The van der Waals surface area contributed by atoms with E-state index < -0.39 is 10.0 Å². The van der Waals surface area contributed by atoms with Crippen LogP contribution in [-0.4, -0.2) is 20.0 Å². The van der Waals surface area contributed by atoms with Crippen molar-refractivity contribution >= 4 is 38.7 Å². The highest BCUT2D eigenvalue weighted by atomic mass is 32.2. The molecular formula is C22H29N3O3S2. The number of benzene rings is 1. The molecule has 0 unspecified atom stereocenters. The van der Waals surface area contributed by atoms with Gasteiger partial charge in [0.1, 0.15) is 4.21 Å². The first-order valence-electron chi connectivity index (χ1n) is 10.2. The lowest BCUT2D eigenvalue weighted by atomic mass is 9.69. The molecule has 0 radical (unpaired) electrons. The van der Waals surface area contributed by atoms with Crippen LogP contribution in [0.15, 0.2) is 51.1 Å². The molecule has 1 amide bonds. The zero-order valence-corrected chi connectivity index (χ0v) is 19.3. The van der Waals surface area contributed by atoms with E-state index in [1.807, 2.05) is 0 Å². The maximum Gasteiger partial charge on any atom is 0.271 e. The van der Waals surface area contributed by atoms with Gasteiger partial charge in [0.05, 0.1) is 0 Å². The molecule has 1 aliphatic rings. The lowest BCUT2D eigenvalue weighted by Crippen LogP contribution is -2.29. The van der Waals surface area contributed by atoms with Crippen molar-refractivity contribution in [2.45, 2.75) is 57.1 Å². The molecule has 2 N–H and O–H groups in total. The van der Waals surface area contributed by atoms with E-state index in [0.29, 0.717) is 22.6 Å². The summed E-state index contributed by atoms with van der Waals surface area (Å²) in [6.07, 6.45) is 5.21. The second kappa shape index (κ2) is 9.31. The number of carbonyl (C=O) groups excluding carboxylic acids is 1. The second-order valence-electron chi connectivity index (χ2n) is 8.35. The van der Waals surface area contributed by atoms with E-state index in [1.54, 1.807) is 41.8 Å². The molecule has 0 aliphatic heterocycles. The SMILES string of the molecule is CCC(C)(C)C1CCC(=NNC(=O)c2ccc(NS(=O)(=O)c3cccs3)cc2)CC1. The van der Waals surface area contributed by atoms with Gasteiger partial charge in [-0.3, -0.25) is 9.52 Å². The Morgan fingerprint density at radius 1 is 1.17 bits per heavy atom. The Kier molecular flexibility index (Phi) is 6.98. The van der Waals surface area contributed by atoms with Gasteiger partial charge < -0.3 is 0 Å². The van der Waals surface area contributed by atoms with E-state index in [4.69, 9.17) is 0 Å². The van der Waals surface area contributed by atoms with Gasteiger partial charge >= 0.3 is 0 Å². The fourth-order valence-corrected chi connectivity index (χ4v) is 5.69. The van der Waals surface area contributed by atoms with Crippen LogP contribution in [0.3, 0.4) is 0 Å². The Morgan fingerprint density at radius 2 is 1.83 bits per heavy atom. The van der Waals surface area contributed by atoms with Crippen molar-refractivity contribution in [3.05, 3.63) is 47.3 Å². The van der Waals surface area contributed by atoms with Gasteiger partial charge in [-0.15, -0.1) is 11.3 Å². The third-order valence-electron chi connectivity index (χ3n) is 6.05. The standard InChI is InChI=1S/C22H29N3O3S2/c1-4-22(2,3)17-9-13-18(14-10-17)23-24-21(26)16-7-11-19(12-8-16)25-30(27,28)20-6-5-15-29-20/h5-8,11-12,15,17,25H,4,9-10,13-14H2,1-3H3,(H,24,26). The Morgan fingerprint density at radius 3 is 2.40 bits per heavy atom. The van der Waals surface area contributed by atoms with Crippen molar-refractivity contribution in [1.82, 2.24) is 5.43 Å². The molecule has 1 saturated carbocycles. The predicted molar refractivity (Wildman–Crippen MR) is 123 cm³/mol. The maximum absolute atomic E-state index is 12.4. The molecular weight excluding hydrogens is 418 g/mol. The lowest BCUT2D eigenvalue weighted by molar-refractivity contribution is 0.0954. The van der Waals surface area contributed by atoms with E-state index in [-0.39, 0.29) is 10.1 Å². The van der Waals surface area contributed by atoms with Crippen molar-refractivity contribution in [2.24, 2.45) is 16.4 Å². The van der Waals surface area contributed by atoms with Gasteiger partial charge in [-0.2, -0.15) is 5.10 Å². The van der Waals surface area contributed by atoms with Crippen molar-refractivity contribution in [2.75, 3.05) is 4.72 Å². The first-order chi connectivity index (χ1) is 14.2. The third-order valence-corrected chi connectivity index (χ3v) is 8.83. The smallest absolute Gasteiger partial charge is 0.271 e. The molecule has 162 valence electrons. The minimum atomic E-state index is -3.60. The molecule has 0 atom stereocenters. The number of sulfonamides is 1. The summed E-state index contributed by atoms with van der Waals surface area (Å²) in [7, 11) is -3.60. The summed E-state index contributed by atoms with van der Waals surface area (Å²) in [6.45, 7) is 6.89. The number of hydrazone groups is 1. The molecule has 1 aromatic heterocycles. The fourth-order valence-electron chi connectivity index (χ4n) is 3.64. The van der Waals surface area contributed by atoms with Crippen LogP contribution in [0.5, 0.6) is 0 Å². The minimum Gasteiger partial charge on any atom is -0.279 e. The van der Waals surface area contributed by atoms with Gasteiger partial charge in [0.25, 0.3) is 15.9 Å². The molecule has 1 aromatic carbocycles. The Hall–Kier alpha value is -2.19. The summed E-state index contributed by atoms with van der Waals surface area (Å²) in [5.74, 6) is 0.397. The number of hydrogen-bond acceptors (Lipinski definition) is 5. The zero-order chi connectivity index (χ0) is 21.8. The Balaban J connectivity index is 1.55. The highest BCUT2D eigenvalue weighted by molar-refractivity contribution is 7.94. The summed E-state index contributed by atoms with van der Waals surface area (Å²) < 4.78 is 27.3. The predicted octanol–water partition coefficient (Wildman–Crippen LogP) is 5.26. The van der Waals surface area contributed by atoms with Crippen molar-refractivity contribution in [1.29, 1.82) is 0 Å². The van der Waals surface area contributed by atoms with Crippen LogP contribution in [0.1, 0.15) is 63.2 Å². The number of nitrogens with zero attached hydrogens (tertiary/aromatic N) is 1. The van der Waals surface area contributed by atoms with Crippen LogP contribution in [0, 0.1) is 11.3 Å². The summed E-state index contributed by atoms with van der Waals surface area (Å²) in [4.78, 5) is 12.4. The average molecular weight is 448 g/mol. The summed E-state index contributed by atoms with van der Waals surface area (Å²) >= 11 is 1.15. The first-order valence-corrected chi connectivity index (χ1v) is 12.6. The summed E-state index contributed by atoms with van der Waals surface area (Å²) in [5.41, 5.74) is 4.86. The van der Waals surface area contributed by atoms with Gasteiger partial charge in [0, 0.05) is 17.0 Å². The Labute approximate surface area is 182 Å². The van der Waals surface area contributed by atoms with Crippen molar-refractivity contribution in [3.63, 3.8) is 0 Å². The number of rotatable bonds is 7. The number of nitrogens with one attached hydrogen (secondary N) is 2. The molecule has 8 heteroatoms. The fraction of sp³-hybridized carbons (Fsp3) is 0.455. The van der Waals surface area contributed by atoms with E-state index >= 15 is 0 Å². The van der Waals surface area contributed by atoms with Crippen molar-refractivity contribution < 1.29 is 13.2 Å². The van der Waals surface area contributed by atoms with Gasteiger partial charge in [0.2, 0.25) is 0 Å². The zero-order valence-electron chi connectivity index (χ0n) is 17.6. The van der Waals surface area contributed by atoms with Crippen LogP contribution >= 0.6 is 11.3 Å². The number of hydrogen-bond donors (Lipinski definition) is 2. The third kappa shape index (κ3) is 5.49. The molecule has 1 fully saturated rings. The van der Waals surface area contributed by atoms with Crippen LogP contribution in [0.2, 0.25) is 0 Å². The molecule has 1 aliphatic carbocycles. The monoisotopic (exact) mass is 447 g/mol. The van der Waals surface area contributed by atoms with E-state index in [1.165, 1.54) is 6.42 Å². The Bertz CT molecular complexity index is 985. The van der Waals surface area contributed by atoms with Crippen LogP contribution in [0.25, 0.3) is 0 Å².